The molecule has 1 rings (SSSR count). The molecule has 3 N–H and O–H groups in total. The summed E-state index contributed by atoms with van der Waals surface area (Å²) in [5.41, 5.74) is 6.49. The van der Waals surface area contributed by atoms with Gasteiger partial charge in [0, 0.05) is 12.1 Å². The van der Waals surface area contributed by atoms with Crippen LogP contribution in [0, 0.1) is 18.7 Å². The maximum atomic E-state index is 13.3. The zero-order valence-corrected chi connectivity index (χ0v) is 11.9. The van der Waals surface area contributed by atoms with Crippen molar-refractivity contribution in [3.8, 4) is 0 Å². The molecule has 0 aliphatic carbocycles. The largest absolute Gasteiger partial charge is 0.384 e. The first-order valence-corrected chi connectivity index (χ1v) is 6.38. The molecule has 5 nitrogen and oxygen atoms in total. The van der Waals surface area contributed by atoms with Crippen molar-refractivity contribution in [2.24, 2.45) is 16.8 Å². The minimum Gasteiger partial charge on any atom is -0.384 e. The van der Waals surface area contributed by atoms with Crippen LogP contribution in [-0.2, 0) is 9.63 Å². The van der Waals surface area contributed by atoms with Gasteiger partial charge in [0.1, 0.15) is 11.7 Å². The normalized spacial score (nSPS) is 11.6. The predicted octanol–water partition coefficient (Wildman–Crippen LogP) is 2.41. The number of hydrogen-bond donors (Lipinski definition) is 2. The second kappa shape index (κ2) is 7.47. The number of anilines is 1. The van der Waals surface area contributed by atoms with E-state index in [0.717, 1.165) is 0 Å². The van der Waals surface area contributed by atoms with Gasteiger partial charge in [-0.3, -0.25) is 4.79 Å². The molecule has 110 valence electrons. The summed E-state index contributed by atoms with van der Waals surface area (Å²) in [6.45, 7) is 5.38. The number of amidine groups is 1. The lowest BCUT2D eigenvalue weighted by atomic mass is 10.1. The Labute approximate surface area is 118 Å². The van der Waals surface area contributed by atoms with E-state index in [1.807, 2.05) is 13.8 Å². The van der Waals surface area contributed by atoms with Crippen LogP contribution in [0.25, 0.3) is 0 Å². The van der Waals surface area contributed by atoms with Crippen molar-refractivity contribution in [1.82, 2.24) is 0 Å². The SMILES string of the molecule is Cc1ccc(NC(=O)CON=C(N)CC(C)C)cc1F. The molecule has 0 radical (unpaired) electrons. The average Bonchev–Trinajstić information content (AvgIpc) is 2.33. The number of nitrogens with zero attached hydrogens (tertiary/aromatic N) is 1. The highest BCUT2D eigenvalue weighted by Gasteiger charge is 2.05. The van der Waals surface area contributed by atoms with Crippen molar-refractivity contribution in [1.29, 1.82) is 0 Å². The predicted molar refractivity (Wildman–Crippen MR) is 76.8 cm³/mol. The smallest absolute Gasteiger partial charge is 0.265 e. The van der Waals surface area contributed by atoms with Gasteiger partial charge in [-0.05, 0) is 30.5 Å². The van der Waals surface area contributed by atoms with Crippen molar-refractivity contribution in [2.45, 2.75) is 27.2 Å². The van der Waals surface area contributed by atoms with Crippen LogP contribution in [0.5, 0.6) is 0 Å². The van der Waals surface area contributed by atoms with Crippen LogP contribution in [-0.4, -0.2) is 18.3 Å². The Morgan fingerprint density at radius 3 is 2.80 bits per heavy atom. The fourth-order valence-corrected chi connectivity index (χ4v) is 1.50. The van der Waals surface area contributed by atoms with Gasteiger partial charge in [0.2, 0.25) is 0 Å². The van der Waals surface area contributed by atoms with E-state index >= 15 is 0 Å². The lowest BCUT2D eigenvalue weighted by Crippen LogP contribution is -2.19. The first-order valence-electron chi connectivity index (χ1n) is 6.38. The highest BCUT2D eigenvalue weighted by molar-refractivity contribution is 5.91. The quantitative estimate of drug-likeness (QED) is 0.477. The summed E-state index contributed by atoms with van der Waals surface area (Å²) >= 11 is 0. The van der Waals surface area contributed by atoms with Crippen LogP contribution in [0.4, 0.5) is 10.1 Å². The number of benzene rings is 1. The zero-order valence-electron chi connectivity index (χ0n) is 11.9. The standard InChI is InChI=1S/C14H20FN3O2/c1-9(2)6-13(16)18-20-8-14(19)17-11-5-4-10(3)12(15)7-11/h4-5,7,9H,6,8H2,1-3H3,(H2,16,18)(H,17,19). The molecule has 0 atom stereocenters. The zero-order chi connectivity index (χ0) is 15.1. The summed E-state index contributed by atoms with van der Waals surface area (Å²) in [5.74, 6) is -0.0850. The summed E-state index contributed by atoms with van der Waals surface area (Å²) in [5, 5.41) is 6.15. The van der Waals surface area contributed by atoms with Crippen LogP contribution in [0.2, 0.25) is 0 Å². The van der Waals surface area contributed by atoms with E-state index in [1.165, 1.54) is 6.07 Å². The van der Waals surface area contributed by atoms with Crippen LogP contribution >= 0.6 is 0 Å². The first-order chi connectivity index (χ1) is 9.38. The number of hydrogen-bond acceptors (Lipinski definition) is 3. The Kier molecular flexibility index (Phi) is 5.96. The van der Waals surface area contributed by atoms with E-state index in [-0.39, 0.29) is 12.4 Å². The molecule has 0 spiro atoms. The van der Waals surface area contributed by atoms with Crippen molar-refractivity contribution < 1.29 is 14.0 Å². The molecule has 0 saturated carbocycles. The van der Waals surface area contributed by atoms with Crippen molar-refractivity contribution >= 4 is 17.4 Å². The summed E-state index contributed by atoms with van der Waals surface area (Å²) in [6, 6.07) is 4.46. The second-order valence-electron chi connectivity index (χ2n) is 4.97. The minimum atomic E-state index is -0.422. The van der Waals surface area contributed by atoms with Gasteiger partial charge in [0.05, 0.1) is 0 Å². The molecule has 0 bridgehead atoms. The molecular weight excluding hydrogens is 261 g/mol. The van der Waals surface area contributed by atoms with Gasteiger partial charge >= 0.3 is 0 Å². The Hall–Kier alpha value is -2.11. The summed E-state index contributed by atoms with van der Waals surface area (Å²) in [6.07, 6.45) is 0.602. The molecule has 1 amide bonds. The summed E-state index contributed by atoms with van der Waals surface area (Å²) in [7, 11) is 0. The number of nitrogens with two attached hydrogens (primary N) is 1. The van der Waals surface area contributed by atoms with Gasteiger partial charge in [-0.1, -0.05) is 25.1 Å². The molecule has 0 heterocycles. The molecule has 20 heavy (non-hydrogen) atoms. The fraction of sp³-hybridized carbons (Fsp3) is 0.429. The van der Waals surface area contributed by atoms with E-state index < -0.39 is 5.91 Å². The third-order valence-corrected chi connectivity index (χ3v) is 2.45. The Morgan fingerprint density at radius 1 is 1.50 bits per heavy atom. The number of carbonyl (C=O) groups excluding carboxylic acids is 1. The Balaban J connectivity index is 2.42. The molecule has 0 saturated heterocycles. The van der Waals surface area contributed by atoms with Crippen molar-refractivity contribution in [2.75, 3.05) is 11.9 Å². The van der Waals surface area contributed by atoms with E-state index in [1.54, 1.807) is 19.1 Å². The number of oxime groups is 1. The number of aryl methyl sites for hydroxylation is 1. The lowest BCUT2D eigenvalue weighted by Gasteiger charge is -2.06. The van der Waals surface area contributed by atoms with Crippen molar-refractivity contribution in [3.63, 3.8) is 0 Å². The van der Waals surface area contributed by atoms with Gasteiger partial charge in [-0.2, -0.15) is 0 Å². The molecule has 0 aliphatic heterocycles. The van der Waals surface area contributed by atoms with E-state index in [9.17, 15) is 9.18 Å². The molecule has 0 unspecified atom stereocenters. The third kappa shape index (κ3) is 5.69. The van der Waals surface area contributed by atoms with Crippen LogP contribution in [0.3, 0.4) is 0 Å². The van der Waals surface area contributed by atoms with Gasteiger partial charge in [0.15, 0.2) is 6.61 Å². The summed E-state index contributed by atoms with van der Waals surface area (Å²) in [4.78, 5) is 16.4. The minimum absolute atomic E-state index is 0.270. The van der Waals surface area contributed by atoms with Crippen molar-refractivity contribution in [3.05, 3.63) is 29.6 Å². The number of amides is 1. The average molecular weight is 281 g/mol. The monoisotopic (exact) mass is 281 g/mol. The molecule has 1 aromatic carbocycles. The maximum absolute atomic E-state index is 13.3. The van der Waals surface area contributed by atoms with Gasteiger partial charge in [0.25, 0.3) is 5.91 Å². The molecule has 0 fully saturated rings. The first kappa shape index (κ1) is 15.9. The molecule has 6 heteroatoms. The molecule has 0 aromatic heterocycles. The van der Waals surface area contributed by atoms with Crippen LogP contribution in [0.1, 0.15) is 25.8 Å². The highest BCUT2D eigenvalue weighted by Crippen LogP contribution is 2.13. The van der Waals surface area contributed by atoms with E-state index in [0.29, 0.717) is 29.4 Å². The van der Waals surface area contributed by atoms with Gasteiger partial charge in [-0.25, -0.2) is 4.39 Å². The number of halogens is 1. The highest BCUT2D eigenvalue weighted by atomic mass is 19.1. The third-order valence-electron chi connectivity index (χ3n) is 2.45. The van der Waals surface area contributed by atoms with E-state index in [4.69, 9.17) is 10.6 Å². The maximum Gasteiger partial charge on any atom is 0.265 e. The van der Waals surface area contributed by atoms with Gasteiger partial charge < -0.3 is 15.9 Å². The summed E-state index contributed by atoms with van der Waals surface area (Å²) < 4.78 is 13.3. The Morgan fingerprint density at radius 2 is 2.20 bits per heavy atom. The second-order valence-corrected chi connectivity index (χ2v) is 4.97. The number of carbonyl (C=O) groups is 1. The molecule has 1 aromatic rings. The fourth-order valence-electron chi connectivity index (χ4n) is 1.50. The van der Waals surface area contributed by atoms with Gasteiger partial charge in [-0.15, -0.1) is 0 Å². The topological polar surface area (TPSA) is 76.7 Å². The van der Waals surface area contributed by atoms with Crippen LogP contribution < -0.4 is 11.1 Å². The number of nitrogens with one attached hydrogen (secondary N) is 1. The lowest BCUT2D eigenvalue weighted by molar-refractivity contribution is -0.120. The molecule has 0 aliphatic rings. The van der Waals surface area contributed by atoms with Crippen LogP contribution in [0.15, 0.2) is 23.4 Å². The van der Waals surface area contributed by atoms with E-state index in [2.05, 4.69) is 10.5 Å². The Bertz CT molecular complexity index is 501. The number of rotatable bonds is 6. The molecular formula is C14H20FN3O2.